The van der Waals surface area contributed by atoms with Gasteiger partial charge in [0.05, 0.1) is 24.7 Å². The number of hydrogen-bond acceptors (Lipinski definition) is 5. The zero-order valence-electron chi connectivity index (χ0n) is 9.63. The molecule has 4 atom stereocenters. The van der Waals surface area contributed by atoms with Gasteiger partial charge in [-0.3, -0.25) is 9.59 Å². The number of carbonyl (C=O) groups is 2. The number of ether oxygens (including phenoxy) is 1. The third-order valence-electron chi connectivity index (χ3n) is 2.80. The van der Waals surface area contributed by atoms with Crippen LogP contribution >= 0.6 is 0 Å². The minimum absolute atomic E-state index is 0.255. The van der Waals surface area contributed by atoms with Crippen molar-refractivity contribution in [2.45, 2.75) is 31.7 Å². The van der Waals surface area contributed by atoms with E-state index in [0.29, 0.717) is 6.42 Å². The van der Waals surface area contributed by atoms with Gasteiger partial charge < -0.3 is 26.0 Å². The summed E-state index contributed by atoms with van der Waals surface area (Å²) in [5.41, 5.74) is 4.89. The van der Waals surface area contributed by atoms with E-state index in [1.54, 1.807) is 6.92 Å². The highest BCUT2D eigenvalue weighted by atomic mass is 16.5. The number of amides is 2. The Kier molecular flexibility index (Phi) is 4.86. The van der Waals surface area contributed by atoms with Crippen LogP contribution < -0.4 is 11.1 Å². The summed E-state index contributed by atoms with van der Waals surface area (Å²) in [7, 11) is 0. The van der Waals surface area contributed by atoms with E-state index in [1.807, 2.05) is 0 Å². The minimum Gasteiger partial charge on any atom is -0.390 e. The third kappa shape index (κ3) is 3.65. The van der Waals surface area contributed by atoms with Crippen molar-refractivity contribution in [1.29, 1.82) is 0 Å². The number of nitrogens with one attached hydrogen (secondary N) is 1. The van der Waals surface area contributed by atoms with Gasteiger partial charge in [-0.2, -0.15) is 0 Å². The Morgan fingerprint density at radius 3 is 2.76 bits per heavy atom. The molecule has 98 valence electrons. The fraction of sp³-hybridized carbons (Fsp3) is 0.800. The summed E-state index contributed by atoms with van der Waals surface area (Å²) in [5.74, 6) is -1.75. The minimum atomic E-state index is -1.10. The average Bonchev–Trinajstić information content (AvgIpc) is 2.28. The number of carbonyl (C=O) groups excluding carboxylic acids is 2. The van der Waals surface area contributed by atoms with Gasteiger partial charge in [-0.15, -0.1) is 0 Å². The zero-order chi connectivity index (χ0) is 13.0. The first kappa shape index (κ1) is 13.9. The molecule has 1 saturated heterocycles. The van der Waals surface area contributed by atoms with E-state index in [-0.39, 0.29) is 13.2 Å². The van der Waals surface area contributed by atoms with Crippen LogP contribution in [0.5, 0.6) is 0 Å². The Morgan fingerprint density at radius 2 is 2.18 bits per heavy atom. The van der Waals surface area contributed by atoms with Gasteiger partial charge in [-0.1, -0.05) is 6.92 Å². The molecule has 2 amide bonds. The van der Waals surface area contributed by atoms with Crippen LogP contribution in [-0.4, -0.2) is 53.5 Å². The molecule has 1 aliphatic rings. The topological polar surface area (TPSA) is 122 Å². The van der Waals surface area contributed by atoms with Crippen LogP contribution in [0.2, 0.25) is 0 Å². The zero-order valence-corrected chi connectivity index (χ0v) is 9.63. The van der Waals surface area contributed by atoms with Gasteiger partial charge in [0.25, 0.3) is 0 Å². The fourth-order valence-corrected chi connectivity index (χ4v) is 1.74. The maximum absolute atomic E-state index is 11.6. The predicted octanol–water partition coefficient (Wildman–Crippen LogP) is -2.27. The Morgan fingerprint density at radius 1 is 1.53 bits per heavy atom. The summed E-state index contributed by atoms with van der Waals surface area (Å²) in [6.45, 7) is 1.59. The van der Waals surface area contributed by atoms with Gasteiger partial charge in [0, 0.05) is 6.61 Å². The normalized spacial score (nSPS) is 30.6. The lowest BCUT2D eigenvalue weighted by molar-refractivity contribution is -0.162. The molecule has 0 aromatic heterocycles. The van der Waals surface area contributed by atoms with Crippen molar-refractivity contribution < 1.29 is 24.5 Å². The van der Waals surface area contributed by atoms with E-state index < -0.39 is 36.0 Å². The number of aliphatic hydroxyl groups excluding tert-OH is 2. The summed E-state index contributed by atoms with van der Waals surface area (Å²) >= 11 is 0. The molecular weight excluding hydrogens is 228 g/mol. The largest absolute Gasteiger partial charge is 0.390 e. The van der Waals surface area contributed by atoms with E-state index >= 15 is 0 Å². The van der Waals surface area contributed by atoms with Gasteiger partial charge in [0.1, 0.15) is 6.10 Å². The van der Waals surface area contributed by atoms with Crippen LogP contribution in [0, 0.1) is 5.92 Å². The molecule has 0 radical (unpaired) electrons. The maximum Gasteiger partial charge on any atom is 0.236 e. The molecule has 7 nitrogen and oxygen atoms in total. The highest BCUT2D eigenvalue weighted by molar-refractivity contribution is 5.85. The highest BCUT2D eigenvalue weighted by Gasteiger charge is 2.37. The first-order valence-electron chi connectivity index (χ1n) is 5.47. The second-order valence-corrected chi connectivity index (χ2v) is 4.15. The molecule has 1 rings (SSSR count). The van der Waals surface area contributed by atoms with E-state index in [9.17, 15) is 19.8 Å². The molecule has 5 N–H and O–H groups in total. The van der Waals surface area contributed by atoms with Crippen molar-refractivity contribution in [3.8, 4) is 0 Å². The molecule has 0 spiro atoms. The van der Waals surface area contributed by atoms with Crippen molar-refractivity contribution in [2.24, 2.45) is 11.7 Å². The van der Waals surface area contributed by atoms with Gasteiger partial charge in [0.15, 0.2) is 0 Å². The number of rotatable bonds is 4. The van der Waals surface area contributed by atoms with Gasteiger partial charge in [-0.25, -0.2) is 0 Å². The summed E-state index contributed by atoms with van der Waals surface area (Å²) < 4.78 is 5.26. The molecule has 1 aliphatic heterocycles. The molecule has 0 aliphatic carbocycles. The first-order valence-corrected chi connectivity index (χ1v) is 5.47. The second kappa shape index (κ2) is 5.95. The van der Waals surface area contributed by atoms with Crippen LogP contribution in [0.15, 0.2) is 0 Å². The number of hydrogen-bond donors (Lipinski definition) is 4. The summed E-state index contributed by atoms with van der Waals surface area (Å²) in [4.78, 5) is 22.1. The molecule has 0 aromatic rings. The van der Waals surface area contributed by atoms with Crippen LogP contribution in [0.3, 0.4) is 0 Å². The summed E-state index contributed by atoms with van der Waals surface area (Å²) in [5, 5.41) is 21.5. The van der Waals surface area contributed by atoms with E-state index in [0.717, 1.165) is 0 Å². The van der Waals surface area contributed by atoms with E-state index in [4.69, 9.17) is 10.5 Å². The van der Waals surface area contributed by atoms with Crippen molar-refractivity contribution in [3.05, 3.63) is 0 Å². The van der Waals surface area contributed by atoms with Crippen LogP contribution in [0.25, 0.3) is 0 Å². The second-order valence-electron chi connectivity index (χ2n) is 4.15. The van der Waals surface area contributed by atoms with Crippen molar-refractivity contribution in [3.63, 3.8) is 0 Å². The first-order chi connectivity index (χ1) is 7.93. The molecule has 0 saturated carbocycles. The number of primary amides is 1. The van der Waals surface area contributed by atoms with Gasteiger partial charge in [0.2, 0.25) is 11.8 Å². The van der Waals surface area contributed by atoms with Gasteiger partial charge >= 0.3 is 0 Å². The quantitative estimate of drug-likeness (QED) is 0.446. The smallest absolute Gasteiger partial charge is 0.236 e. The molecular formula is C10H18N2O5. The van der Waals surface area contributed by atoms with E-state index in [2.05, 4.69) is 5.32 Å². The standard InChI is InChI=1S/C10H18N2O5/c1-5(10(16)12-4-7(11)14)9-8(15)6(13)2-3-17-9/h5-6,8-9,13,15H,2-4H2,1H3,(H2,11,14)(H,12,16). The Bertz CT molecular complexity index is 296. The van der Waals surface area contributed by atoms with Crippen LogP contribution in [0.1, 0.15) is 13.3 Å². The average molecular weight is 246 g/mol. The fourth-order valence-electron chi connectivity index (χ4n) is 1.74. The predicted molar refractivity (Wildman–Crippen MR) is 57.7 cm³/mol. The molecule has 4 unspecified atom stereocenters. The van der Waals surface area contributed by atoms with Crippen LogP contribution in [0.4, 0.5) is 0 Å². The van der Waals surface area contributed by atoms with Gasteiger partial charge in [-0.05, 0) is 6.42 Å². The van der Waals surface area contributed by atoms with Crippen molar-refractivity contribution in [1.82, 2.24) is 5.32 Å². The lowest BCUT2D eigenvalue weighted by Gasteiger charge is -2.34. The molecule has 1 heterocycles. The van der Waals surface area contributed by atoms with E-state index in [1.165, 1.54) is 0 Å². The SMILES string of the molecule is CC(C(=O)NCC(N)=O)C1OCCC(O)C1O. The molecule has 0 bridgehead atoms. The van der Waals surface area contributed by atoms with Crippen molar-refractivity contribution in [2.75, 3.05) is 13.2 Å². The van der Waals surface area contributed by atoms with Crippen LogP contribution in [-0.2, 0) is 14.3 Å². The number of aliphatic hydroxyl groups is 2. The highest BCUT2D eigenvalue weighted by Crippen LogP contribution is 2.21. The third-order valence-corrected chi connectivity index (χ3v) is 2.80. The molecule has 1 fully saturated rings. The molecule has 0 aromatic carbocycles. The molecule has 17 heavy (non-hydrogen) atoms. The summed E-state index contributed by atoms with van der Waals surface area (Å²) in [6, 6.07) is 0. The lowest BCUT2D eigenvalue weighted by atomic mass is 9.92. The molecule has 7 heteroatoms. The maximum atomic E-state index is 11.6. The monoisotopic (exact) mass is 246 g/mol. The number of nitrogens with two attached hydrogens (primary N) is 1. The Balaban J connectivity index is 2.52. The Labute approximate surface area is 98.9 Å². The summed E-state index contributed by atoms with van der Waals surface area (Å²) in [6.07, 6.45) is -2.42. The Hall–Kier alpha value is -1.18. The lowest BCUT2D eigenvalue weighted by Crippen LogP contribution is -2.51. The van der Waals surface area contributed by atoms with Crippen molar-refractivity contribution >= 4 is 11.8 Å².